The molecule has 4 heterocycles. The summed E-state index contributed by atoms with van der Waals surface area (Å²) in [5.41, 5.74) is 4.70. The maximum absolute atomic E-state index is 13.4. The Morgan fingerprint density at radius 2 is 1.89 bits per heavy atom. The lowest BCUT2D eigenvalue weighted by atomic mass is 10.1. The lowest BCUT2D eigenvalue weighted by Crippen LogP contribution is -2.45. The van der Waals surface area contributed by atoms with Crippen LogP contribution in [0.15, 0.2) is 46.3 Å². The monoisotopic (exact) mass is 478 g/mol. The van der Waals surface area contributed by atoms with Gasteiger partial charge >= 0.3 is 0 Å². The topological polar surface area (TPSA) is 121 Å². The molecule has 2 aliphatic heterocycles. The van der Waals surface area contributed by atoms with Gasteiger partial charge in [0.05, 0.1) is 6.54 Å². The molecule has 5 rings (SSSR count). The smallest absolute Gasteiger partial charge is 0.247 e. The van der Waals surface area contributed by atoms with Gasteiger partial charge in [0, 0.05) is 30.7 Å². The number of aromatic nitrogens is 3. The fourth-order valence-electron chi connectivity index (χ4n) is 4.61. The number of guanidine groups is 1. The SMILES string of the molecule is Cc1cc2cc(NC(=NC3CCCCN(CC(=O)N4CCCC4)C3=O)Nn3cnnc3)ccc2o1. The Morgan fingerprint density at radius 3 is 2.69 bits per heavy atom. The number of furan rings is 1. The summed E-state index contributed by atoms with van der Waals surface area (Å²) in [5.74, 6) is 1.11. The average molecular weight is 479 g/mol. The lowest BCUT2D eigenvalue weighted by molar-refractivity contribution is -0.140. The number of hydrogen-bond acceptors (Lipinski definition) is 6. The predicted octanol–water partition coefficient (Wildman–Crippen LogP) is 2.35. The van der Waals surface area contributed by atoms with Crippen molar-refractivity contribution in [2.45, 2.75) is 45.1 Å². The van der Waals surface area contributed by atoms with E-state index < -0.39 is 6.04 Å². The van der Waals surface area contributed by atoms with E-state index in [-0.39, 0.29) is 18.4 Å². The number of anilines is 1. The number of aryl methyl sites for hydroxylation is 1. The van der Waals surface area contributed by atoms with Crippen LogP contribution in [0, 0.1) is 6.92 Å². The summed E-state index contributed by atoms with van der Waals surface area (Å²) >= 11 is 0. The summed E-state index contributed by atoms with van der Waals surface area (Å²) in [6.07, 6.45) is 7.40. The lowest BCUT2D eigenvalue weighted by Gasteiger charge is -2.25. The summed E-state index contributed by atoms with van der Waals surface area (Å²) < 4.78 is 7.23. The third-order valence-corrected chi connectivity index (χ3v) is 6.38. The van der Waals surface area contributed by atoms with Crippen molar-refractivity contribution < 1.29 is 14.0 Å². The molecule has 2 N–H and O–H groups in total. The van der Waals surface area contributed by atoms with Crippen molar-refractivity contribution in [1.82, 2.24) is 24.7 Å². The van der Waals surface area contributed by atoms with Gasteiger partial charge in [-0.1, -0.05) is 0 Å². The maximum atomic E-state index is 13.4. The quantitative estimate of drug-likeness (QED) is 0.426. The van der Waals surface area contributed by atoms with E-state index in [4.69, 9.17) is 9.41 Å². The van der Waals surface area contributed by atoms with Crippen LogP contribution in [0.25, 0.3) is 11.0 Å². The third-order valence-electron chi connectivity index (χ3n) is 6.38. The summed E-state index contributed by atoms with van der Waals surface area (Å²) in [6.45, 7) is 4.15. The second-order valence-corrected chi connectivity index (χ2v) is 9.05. The number of likely N-dealkylation sites (tertiary alicyclic amines) is 2. The van der Waals surface area contributed by atoms with Crippen LogP contribution in [0.1, 0.15) is 37.9 Å². The highest BCUT2D eigenvalue weighted by molar-refractivity contribution is 6.02. The first-order chi connectivity index (χ1) is 17.0. The molecule has 1 aromatic carbocycles. The largest absolute Gasteiger partial charge is 0.461 e. The van der Waals surface area contributed by atoms with Gasteiger partial charge in [-0.3, -0.25) is 15.0 Å². The zero-order valence-corrected chi connectivity index (χ0v) is 19.8. The highest BCUT2D eigenvalue weighted by Gasteiger charge is 2.30. The summed E-state index contributed by atoms with van der Waals surface area (Å²) in [4.78, 5) is 34.4. The van der Waals surface area contributed by atoms with E-state index in [0.717, 1.165) is 61.2 Å². The minimum atomic E-state index is -0.602. The van der Waals surface area contributed by atoms with Gasteiger partial charge in [-0.15, -0.1) is 10.2 Å². The van der Waals surface area contributed by atoms with Crippen molar-refractivity contribution in [3.63, 3.8) is 0 Å². The molecule has 11 nitrogen and oxygen atoms in total. The van der Waals surface area contributed by atoms with Crippen LogP contribution in [0.5, 0.6) is 0 Å². The highest BCUT2D eigenvalue weighted by atomic mass is 16.3. The van der Waals surface area contributed by atoms with Crippen LogP contribution >= 0.6 is 0 Å². The normalized spacial score (nSPS) is 19.3. The number of nitrogens with zero attached hydrogens (tertiary/aromatic N) is 6. The number of nitrogens with one attached hydrogen (secondary N) is 2. The van der Waals surface area contributed by atoms with Gasteiger partial charge in [-0.05, 0) is 63.3 Å². The van der Waals surface area contributed by atoms with E-state index in [9.17, 15) is 9.59 Å². The standard InChI is InChI=1S/C24H30N8O3/c1-17-12-18-13-19(7-8-21(18)35-17)27-24(29-32-15-25-26-16-32)28-20-6-2-3-11-31(23(20)34)14-22(33)30-9-4-5-10-30/h7-8,12-13,15-16,20H,2-6,9-11,14H2,1H3,(H2,27,28,29). The first kappa shape index (κ1) is 22.9. The highest BCUT2D eigenvalue weighted by Crippen LogP contribution is 2.23. The number of benzene rings is 1. The Labute approximate surface area is 203 Å². The molecule has 11 heteroatoms. The fraction of sp³-hybridized carbons (Fsp3) is 0.458. The molecule has 0 radical (unpaired) electrons. The van der Waals surface area contributed by atoms with E-state index in [0.29, 0.717) is 18.9 Å². The molecule has 0 aliphatic carbocycles. The molecule has 0 spiro atoms. The minimum absolute atomic E-state index is 0.0187. The number of amides is 2. The number of carbonyl (C=O) groups is 2. The van der Waals surface area contributed by atoms with Crippen LogP contribution in [0.3, 0.4) is 0 Å². The molecule has 2 aliphatic rings. The summed E-state index contributed by atoms with van der Waals surface area (Å²) in [7, 11) is 0. The van der Waals surface area contributed by atoms with Crippen molar-refractivity contribution >= 4 is 34.4 Å². The zero-order valence-electron chi connectivity index (χ0n) is 19.8. The number of fused-ring (bicyclic) bond motifs is 1. The van der Waals surface area contributed by atoms with E-state index in [1.54, 1.807) is 9.58 Å². The molecule has 1 unspecified atom stereocenters. The molecule has 3 aromatic rings. The van der Waals surface area contributed by atoms with Crippen molar-refractivity contribution in [3.05, 3.63) is 42.7 Å². The average Bonchev–Trinajstić information content (AvgIpc) is 3.59. The first-order valence-electron chi connectivity index (χ1n) is 12.1. The Kier molecular flexibility index (Phi) is 6.64. The molecule has 0 saturated carbocycles. The van der Waals surface area contributed by atoms with E-state index >= 15 is 0 Å². The Bertz CT molecular complexity index is 1210. The fourth-order valence-corrected chi connectivity index (χ4v) is 4.61. The molecule has 1 atom stereocenters. The Hall–Kier alpha value is -3.89. The van der Waals surface area contributed by atoms with Gasteiger partial charge in [0.2, 0.25) is 17.8 Å². The van der Waals surface area contributed by atoms with Crippen molar-refractivity contribution in [1.29, 1.82) is 0 Å². The van der Waals surface area contributed by atoms with Crippen LogP contribution in [0.2, 0.25) is 0 Å². The minimum Gasteiger partial charge on any atom is -0.461 e. The third kappa shape index (κ3) is 5.44. The number of aliphatic imine (C=N–C) groups is 1. The van der Waals surface area contributed by atoms with E-state index in [1.807, 2.05) is 36.1 Å². The van der Waals surface area contributed by atoms with Gasteiger partial charge in [0.15, 0.2) is 0 Å². The van der Waals surface area contributed by atoms with E-state index in [2.05, 4.69) is 20.9 Å². The van der Waals surface area contributed by atoms with Crippen LogP contribution in [-0.4, -0.2) is 74.7 Å². The Balaban J connectivity index is 1.37. The van der Waals surface area contributed by atoms with Crippen molar-refractivity contribution in [2.24, 2.45) is 4.99 Å². The summed E-state index contributed by atoms with van der Waals surface area (Å²) in [6, 6.07) is 7.11. The van der Waals surface area contributed by atoms with Crippen LogP contribution in [0.4, 0.5) is 5.69 Å². The second-order valence-electron chi connectivity index (χ2n) is 9.05. The van der Waals surface area contributed by atoms with Gasteiger partial charge in [0.25, 0.3) is 0 Å². The first-order valence-corrected chi connectivity index (χ1v) is 12.1. The molecular formula is C24H30N8O3. The van der Waals surface area contributed by atoms with Gasteiger partial charge in [0.1, 0.15) is 30.0 Å². The van der Waals surface area contributed by atoms with Crippen LogP contribution in [-0.2, 0) is 9.59 Å². The van der Waals surface area contributed by atoms with Crippen LogP contribution < -0.4 is 10.7 Å². The molecule has 2 saturated heterocycles. The summed E-state index contributed by atoms with van der Waals surface area (Å²) in [5, 5.41) is 11.9. The van der Waals surface area contributed by atoms with Crippen molar-refractivity contribution in [3.8, 4) is 0 Å². The van der Waals surface area contributed by atoms with Crippen molar-refractivity contribution in [2.75, 3.05) is 36.9 Å². The number of rotatable bonds is 5. The Morgan fingerprint density at radius 1 is 1.11 bits per heavy atom. The van der Waals surface area contributed by atoms with Gasteiger partial charge < -0.3 is 19.5 Å². The zero-order chi connectivity index (χ0) is 24.2. The molecular weight excluding hydrogens is 448 g/mol. The second kappa shape index (κ2) is 10.2. The molecule has 2 aromatic heterocycles. The molecule has 2 fully saturated rings. The number of hydrogen-bond donors (Lipinski definition) is 2. The molecule has 2 amide bonds. The van der Waals surface area contributed by atoms with E-state index in [1.165, 1.54) is 12.7 Å². The number of carbonyl (C=O) groups excluding carboxylic acids is 2. The van der Waals surface area contributed by atoms with Gasteiger partial charge in [-0.2, -0.15) is 0 Å². The van der Waals surface area contributed by atoms with Gasteiger partial charge in [-0.25, -0.2) is 9.67 Å². The molecule has 184 valence electrons. The maximum Gasteiger partial charge on any atom is 0.247 e. The molecule has 0 bridgehead atoms. The molecule has 35 heavy (non-hydrogen) atoms. The predicted molar refractivity (Wildman–Crippen MR) is 131 cm³/mol.